The van der Waals surface area contributed by atoms with Crippen molar-refractivity contribution >= 4 is 52.1 Å². The predicted molar refractivity (Wildman–Crippen MR) is 230 cm³/mol. The number of nitrogens with one attached hydrogen (secondary N) is 3. The molecule has 8 rings (SSSR count). The molecule has 2 saturated heterocycles. The molecule has 0 saturated carbocycles. The van der Waals surface area contributed by atoms with Gasteiger partial charge in [-0.1, -0.05) is 24.3 Å². The lowest BCUT2D eigenvalue weighted by Crippen LogP contribution is -2.18. The molecule has 2 aromatic heterocycles. The minimum Gasteiger partial charge on any atom is -0.370 e. The zero-order valence-corrected chi connectivity index (χ0v) is 32.5. The first-order chi connectivity index (χ1) is 28.8. The van der Waals surface area contributed by atoms with Gasteiger partial charge in [0, 0.05) is 79.2 Å². The summed E-state index contributed by atoms with van der Waals surface area (Å²) in [6.07, 6.45) is 7.98. The van der Waals surface area contributed by atoms with Crippen molar-refractivity contribution in [3.8, 4) is 34.7 Å². The summed E-state index contributed by atoms with van der Waals surface area (Å²) < 4.78 is 0. The van der Waals surface area contributed by atoms with Crippen molar-refractivity contribution in [3.05, 3.63) is 126 Å². The van der Waals surface area contributed by atoms with Crippen LogP contribution in [0.25, 0.3) is 22.5 Å². The molecule has 0 unspecified atom stereocenters. The molecule has 2 aliphatic rings. The van der Waals surface area contributed by atoms with Gasteiger partial charge < -0.3 is 31.5 Å². The van der Waals surface area contributed by atoms with E-state index in [9.17, 15) is 20.1 Å². The standard InChI is InChI=1S/C23H22N6O.C22H20N6O/c1-16(30)26-19-5-4-6-20(14-19)27-23-25-10-9-21(28-23)17-7-8-22(18(13-17)15-24)29-11-2-3-12-29;23-14-17-12-15(6-7-20(17)28-10-1-2-11-28)19-8-9-25-22(27-19)26-18-5-3-4-16(13-18)21(24)29/h4-10,13-14H,2-3,11-12H2,1H3,(H,26,30)(H,25,27,28);3-9,12-13H,1-2,10-11H2,(H2,24,29)(H,25,26,27). The zero-order valence-electron chi connectivity index (χ0n) is 32.5. The fourth-order valence-corrected chi connectivity index (χ4v) is 7.08. The number of carbonyl (C=O) groups is 2. The molecule has 6 aromatic rings. The average Bonchev–Trinajstić information content (AvgIpc) is 4.00. The number of carbonyl (C=O) groups excluding carboxylic acids is 2. The van der Waals surface area contributed by atoms with E-state index in [1.54, 1.807) is 42.7 Å². The fourth-order valence-electron chi connectivity index (χ4n) is 7.08. The van der Waals surface area contributed by atoms with Crippen molar-refractivity contribution < 1.29 is 9.59 Å². The summed E-state index contributed by atoms with van der Waals surface area (Å²) in [5, 5.41) is 28.3. The van der Waals surface area contributed by atoms with Crippen molar-refractivity contribution in [2.45, 2.75) is 32.6 Å². The van der Waals surface area contributed by atoms with Crippen LogP contribution in [0.2, 0.25) is 0 Å². The molecule has 2 fully saturated rings. The summed E-state index contributed by atoms with van der Waals surface area (Å²) >= 11 is 0. The third kappa shape index (κ3) is 9.94. The molecular formula is C45H42N12O2. The first-order valence-corrected chi connectivity index (χ1v) is 19.3. The topological polar surface area (TPSA) is 202 Å². The van der Waals surface area contributed by atoms with Crippen LogP contribution in [0.15, 0.2) is 109 Å². The maximum Gasteiger partial charge on any atom is 0.248 e. The van der Waals surface area contributed by atoms with E-state index in [4.69, 9.17) is 5.73 Å². The predicted octanol–water partition coefficient (Wildman–Crippen LogP) is 7.78. The number of rotatable bonds is 10. The first-order valence-electron chi connectivity index (χ1n) is 19.3. The lowest BCUT2D eigenvalue weighted by molar-refractivity contribution is -0.114. The quantitative estimate of drug-likeness (QED) is 0.105. The van der Waals surface area contributed by atoms with Gasteiger partial charge in [0.25, 0.3) is 0 Å². The van der Waals surface area contributed by atoms with E-state index in [-0.39, 0.29) is 5.91 Å². The number of anilines is 7. The molecule has 2 amide bonds. The van der Waals surface area contributed by atoms with Crippen LogP contribution < -0.4 is 31.5 Å². The van der Waals surface area contributed by atoms with Crippen LogP contribution in [0, 0.1) is 22.7 Å². The monoisotopic (exact) mass is 782 g/mol. The van der Waals surface area contributed by atoms with Crippen LogP contribution in [-0.4, -0.2) is 57.9 Å². The number of hydrogen-bond donors (Lipinski definition) is 4. The molecule has 4 aromatic carbocycles. The van der Waals surface area contributed by atoms with Crippen molar-refractivity contribution in [2.24, 2.45) is 5.73 Å². The van der Waals surface area contributed by atoms with E-state index in [0.29, 0.717) is 45.7 Å². The van der Waals surface area contributed by atoms with E-state index >= 15 is 0 Å². The molecule has 0 bridgehead atoms. The summed E-state index contributed by atoms with van der Waals surface area (Å²) in [6, 6.07) is 34.2. The van der Waals surface area contributed by atoms with Gasteiger partial charge in [0.15, 0.2) is 0 Å². The SMILES string of the molecule is CC(=O)Nc1cccc(Nc2nccc(-c3ccc(N4CCCC4)c(C#N)c3)n2)c1.N#Cc1cc(-c2ccnc(Nc3cccc(C(N)=O)c3)n2)ccc1N1CCCC1. The van der Waals surface area contributed by atoms with Gasteiger partial charge in [-0.15, -0.1) is 0 Å². The third-order valence-electron chi connectivity index (χ3n) is 9.87. The number of aromatic nitrogens is 4. The Kier molecular flexibility index (Phi) is 12.3. The maximum atomic E-state index is 11.4. The number of primary amides is 1. The molecule has 14 nitrogen and oxygen atoms in total. The first kappa shape index (κ1) is 39.4. The minimum absolute atomic E-state index is 0.129. The Morgan fingerprint density at radius 2 is 1.10 bits per heavy atom. The number of nitriles is 2. The number of nitrogens with zero attached hydrogens (tertiary/aromatic N) is 8. The van der Waals surface area contributed by atoms with Gasteiger partial charge in [-0.25, -0.2) is 19.9 Å². The Morgan fingerprint density at radius 1 is 0.627 bits per heavy atom. The molecule has 0 atom stereocenters. The van der Waals surface area contributed by atoms with E-state index in [2.05, 4.69) is 57.8 Å². The van der Waals surface area contributed by atoms with E-state index in [0.717, 1.165) is 85.7 Å². The highest BCUT2D eigenvalue weighted by Crippen LogP contribution is 2.31. The van der Waals surface area contributed by atoms with Gasteiger partial charge in [0.05, 0.1) is 33.9 Å². The molecule has 2 aliphatic heterocycles. The minimum atomic E-state index is -0.495. The van der Waals surface area contributed by atoms with Crippen LogP contribution in [0.4, 0.5) is 40.3 Å². The highest BCUT2D eigenvalue weighted by Gasteiger charge is 2.18. The van der Waals surface area contributed by atoms with Gasteiger partial charge in [-0.05, 0) is 98.5 Å². The van der Waals surface area contributed by atoms with Gasteiger partial charge >= 0.3 is 0 Å². The molecule has 0 radical (unpaired) electrons. The van der Waals surface area contributed by atoms with Gasteiger partial charge in [-0.3, -0.25) is 9.59 Å². The van der Waals surface area contributed by atoms with Crippen LogP contribution in [-0.2, 0) is 4.79 Å². The molecule has 59 heavy (non-hydrogen) atoms. The van der Waals surface area contributed by atoms with Crippen molar-refractivity contribution in [1.82, 2.24) is 19.9 Å². The van der Waals surface area contributed by atoms with Gasteiger partial charge in [0.1, 0.15) is 12.1 Å². The van der Waals surface area contributed by atoms with E-state index in [1.165, 1.54) is 6.92 Å². The molecule has 5 N–H and O–H groups in total. The smallest absolute Gasteiger partial charge is 0.248 e. The summed E-state index contributed by atoms with van der Waals surface area (Å²) in [4.78, 5) is 44.8. The van der Waals surface area contributed by atoms with Crippen LogP contribution >= 0.6 is 0 Å². The number of hydrogen-bond acceptors (Lipinski definition) is 12. The summed E-state index contributed by atoms with van der Waals surface area (Å²) in [5.74, 6) is 0.211. The summed E-state index contributed by atoms with van der Waals surface area (Å²) in [7, 11) is 0. The van der Waals surface area contributed by atoms with Crippen LogP contribution in [0.1, 0.15) is 54.1 Å². The second kappa shape index (κ2) is 18.4. The zero-order chi connectivity index (χ0) is 41.1. The molecule has 4 heterocycles. The number of nitrogens with two attached hydrogens (primary N) is 1. The maximum absolute atomic E-state index is 11.4. The molecule has 14 heteroatoms. The Bertz CT molecular complexity index is 2570. The van der Waals surface area contributed by atoms with Gasteiger partial charge in [0.2, 0.25) is 23.7 Å². The van der Waals surface area contributed by atoms with Gasteiger partial charge in [-0.2, -0.15) is 10.5 Å². The second-order valence-electron chi connectivity index (χ2n) is 14.1. The number of benzene rings is 4. The fraction of sp³-hybridized carbons (Fsp3) is 0.200. The Morgan fingerprint density at radius 3 is 1.58 bits per heavy atom. The highest BCUT2D eigenvalue weighted by molar-refractivity contribution is 5.94. The Labute approximate surface area is 342 Å². The van der Waals surface area contributed by atoms with E-state index in [1.807, 2.05) is 66.7 Å². The lowest BCUT2D eigenvalue weighted by atomic mass is 10.1. The van der Waals surface area contributed by atoms with Crippen molar-refractivity contribution in [2.75, 3.05) is 51.9 Å². The lowest BCUT2D eigenvalue weighted by Gasteiger charge is -2.19. The molecule has 0 spiro atoms. The Hall–Kier alpha value is -7.84. The highest BCUT2D eigenvalue weighted by atomic mass is 16.1. The van der Waals surface area contributed by atoms with E-state index < -0.39 is 5.91 Å². The largest absolute Gasteiger partial charge is 0.370 e. The Balaban J connectivity index is 0.000000179. The summed E-state index contributed by atoms with van der Waals surface area (Å²) in [5.41, 5.74) is 14.3. The van der Waals surface area contributed by atoms with Crippen LogP contribution in [0.3, 0.4) is 0 Å². The molecule has 0 aliphatic carbocycles. The average molecular weight is 783 g/mol. The molecular weight excluding hydrogens is 741 g/mol. The summed E-state index contributed by atoms with van der Waals surface area (Å²) in [6.45, 7) is 5.43. The third-order valence-corrected chi connectivity index (χ3v) is 9.87. The molecule has 294 valence electrons. The number of amides is 2. The van der Waals surface area contributed by atoms with Crippen molar-refractivity contribution in [1.29, 1.82) is 10.5 Å². The second-order valence-corrected chi connectivity index (χ2v) is 14.1. The van der Waals surface area contributed by atoms with Crippen molar-refractivity contribution in [3.63, 3.8) is 0 Å². The van der Waals surface area contributed by atoms with Crippen LogP contribution in [0.5, 0.6) is 0 Å². The normalized spacial score (nSPS) is 13.1.